The van der Waals surface area contributed by atoms with Crippen LogP contribution < -0.4 is 10.5 Å². The minimum absolute atomic E-state index is 0.0309. The molecule has 0 amide bonds. The number of rotatable bonds is 7. The molecule has 17 heavy (non-hydrogen) atoms. The van der Waals surface area contributed by atoms with E-state index >= 15 is 0 Å². The third kappa shape index (κ3) is 5.81. The highest BCUT2D eigenvalue weighted by atomic mass is 32.2. The molecule has 96 valence electrons. The van der Waals surface area contributed by atoms with Gasteiger partial charge in [0, 0.05) is 6.54 Å². The van der Waals surface area contributed by atoms with Gasteiger partial charge in [-0.15, -0.1) is 0 Å². The van der Waals surface area contributed by atoms with E-state index in [-0.39, 0.29) is 11.7 Å². The number of hydrogen-bond acceptors (Lipinski definition) is 3. The Balaban J connectivity index is 2.47. The van der Waals surface area contributed by atoms with Crippen LogP contribution in [0.2, 0.25) is 0 Å². The topological polar surface area (TPSA) is 72.2 Å². The van der Waals surface area contributed by atoms with Crippen LogP contribution in [0.3, 0.4) is 0 Å². The van der Waals surface area contributed by atoms with Crippen LogP contribution in [0.1, 0.15) is 18.9 Å². The van der Waals surface area contributed by atoms with Crippen molar-refractivity contribution in [3.8, 4) is 0 Å². The van der Waals surface area contributed by atoms with Gasteiger partial charge in [-0.1, -0.05) is 37.3 Å². The number of nitrogens with two attached hydrogens (primary N) is 1. The van der Waals surface area contributed by atoms with Gasteiger partial charge in [0.25, 0.3) is 0 Å². The summed E-state index contributed by atoms with van der Waals surface area (Å²) in [6.45, 7) is 3.02. The van der Waals surface area contributed by atoms with Crippen LogP contribution in [0.15, 0.2) is 30.3 Å². The van der Waals surface area contributed by atoms with Crippen LogP contribution in [0.5, 0.6) is 0 Å². The third-order valence-corrected chi connectivity index (χ3v) is 3.83. The second kappa shape index (κ2) is 6.74. The molecular weight excluding hydrogens is 236 g/mol. The molecule has 5 heteroatoms. The van der Waals surface area contributed by atoms with E-state index in [2.05, 4.69) is 4.72 Å². The Labute approximate surface area is 103 Å². The summed E-state index contributed by atoms with van der Waals surface area (Å²) < 4.78 is 26.1. The molecule has 0 aliphatic heterocycles. The van der Waals surface area contributed by atoms with Crippen LogP contribution >= 0.6 is 0 Å². The van der Waals surface area contributed by atoms with Crippen LogP contribution in [0.25, 0.3) is 0 Å². The molecule has 0 heterocycles. The van der Waals surface area contributed by atoms with Gasteiger partial charge in [0.1, 0.15) is 0 Å². The molecule has 0 aromatic heterocycles. The van der Waals surface area contributed by atoms with Crippen molar-refractivity contribution in [2.45, 2.75) is 19.1 Å². The highest BCUT2D eigenvalue weighted by Crippen LogP contribution is 2.05. The van der Waals surface area contributed by atoms with Crippen molar-refractivity contribution in [1.29, 1.82) is 0 Å². The fourth-order valence-electron chi connectivity index (χ4n) is 1.50. The summed E-state index contributed by atoms with van der Waals surface area (Å²) in [5.41, 5.74) is 6.21. The zero-order valence-corrected chi connectivity index (χ0v) is 10.9. The van der Waals surface area contributed by atoms with Crippen molar-refractivity contribution < 1.29 is 8.42 Å². The quantitative estimate of drug-likeness (QED) is 0.767. The summed E-state index contributed by atoms with van der Waals surface area (Å²) in [6.07, 6.45) is 0.827. The summed E-state index contributed by atoms with van der Waals surface area (Å²) >= 11 is 0. The molecule has 1 unspecified atom stereocenters. The standard InChI is InChI=1S/C12H20N2O2S/c1-11(7-8-13)9-14-17(15,16)10-12-5-3-2-4-6-12/h2-6,11,14H,7-10,13H2,1H3. The van der Waals surface area contributed by atoms with Crippen LogP contribution in [-0.4, -0.2) is 21.5 Å². The van der Waals surface area contributed by atoms with E-state index in [0.29, 0.717) is 13.1 Å². The van der Waals surface area contributed by atoms with Gasteiger partial charge in [0.05, 0.1) is 5.75 Å². The molecule has 3 N–H and O–H groups in total. The first kappa shape index (κ1) is 14.2. The third-order valence-electron chi connectivity index (χ3n) is 2.51. The molecule has 1 rings (SSSR count). The summed E-state index contributed by atoms with van der Waals surface area (Å²) in [5.74, 6) is 0.300. The van der Waals surface area contributed by atoms with E-state index in [0.717, 1.165) is 12.0 Å². The van der Waals surface area contributed by atoms with Crippen molar-refractivity contribution in [3.63, 3.8) is 0 Å². The second-order valence-electron chi connectivity index (χ2n) is 4.28. The maximum absolute atomic E-state index is 11.8. The summed E-state index contributed by atoms with van der Waals surface area (Å²) in [4.78, 5) is 0. The van der Waals surface area contributed by atoms with Crippen molar-refractivity contribution in [2.75, 3.05) is 13.1 Å². The lowest BCUT2D eigenvalue weighted by Gasteiger charge is -2.11. The first-order valence-corrected chi connectivity index (χ1v) is 7.40. The Morgan fingerprint density at radius 2 is 1.94 bits per heavy atom. The van der Waals surface area contributed by atoms with E-state index in [4.69, 9.17) is 5.73 Å². The Morgan fingerprint density at radius 3 is 2.53 bits per heavy atom. The number of sulfonamides is 1. The Hall–Kier alpha value is -0.910. The highest BCUT2D eigenvalue weighted by Gasteiger charge is 2.12. The Morgan fingerprint density at radius 1 is 1.29 bits per heavy atom. The summed E-state index contributed by atoms with van der Waals surface area (Å²) in [6, 6.07) is 9.15. The maximum Gasteiger partial charge on any atom is 0.215 e. The molecule has 0 radical (unpaired) electrons. The van der Waals surface area contributed by atoms with E-state index in [1.54, 1.807) is 0 Å². The van der Waals surface area contributed by atoms with E-state index < -0.39 is 10.0 Å². The SMILES string of the molecule is CC(CCN)CNS(=O)(=O)Cc1ccccc1. The lowest BCUT2D eigenvalue weighted by molar-refractivity contribution is 0.515. The molecule has 0 bridgehead atoms. The zero-order valence-electron chi connectivity index (χ0n) is 10.1. The first-order valence-electron chi connectivity index (χ1n) is 5.75. The van der Waals surface area contributed by atoms with Gasteiger partial charge in [0.15, 0.2) is 0 Å². The molecule has 4 nitrogen and oxygen atoms in total. The smallest absolute Gasteiger partial charge is 0.215 e. The van der Waals surface area contributed by atoms with Crippen LogP contribution in [0.4, 0.5) is 0 Å². The minimum atomic E-state index is -3.24. The first-order chi connectivity index (χ1) is 8.03. The summed E-state index contributed by atoms with van der Waals surface area (Å²) in [7, 11) is -3.24. The van der Waals surface area contributed by atoms with Crippen molar-refractivity contribution in [3.05, 3.63) is 35.9 Å². The van der Waals surface area contributed by atoms with Gasteiger partial charge >= 0.3 is 0 Å². The predicted octanol–water partition coefficient (Wildman–Crippen LogP) is 1.09. The molecular formula is C12H20N2O2S. The maximum atomic E-state index is 11.8. The average molecular weight is 256 g/mol. The van der Waals surface area contributed by atoms with Crippen molar-refractivity contribution >= 4 is 10.0 Å². The minimum Gasteiger partial charge on any atom is -0.330 e. The lowest BCUT2D eigenvalue weighted by atomic mass is 10.1. The molecule has 1 aromatic rings. The molecule has 0 aliphatic carbocycles. The van der Waals surface area contributed by atoms with E-state index in [1.807, 2.05) is 37.3 Å². The zero-order chi connectivity index (χ0) is 12.7. The van der Waals surface area contributed by atoms with Gasteiger partial charge in [-0.2, -0.15) is 0 Å². The molecule has 0 aliphatic rings. The molecule has 0 fully saturated rings. The Kier molecular flexibility index (Phi) is 5.61. The number of nitrogens with one attached hydrogen (secondary N) is 1. The molecule has 0 spiro atoms. The fraction of sp³-hybridized carbons (Fsp3) is 0.500. The molecule has 0 saturated carbocycles. The summed E-state index contributed by atoms with van der Waals surface area (Å²) in [5, 5.41) is 0. The molecule has 1 atom stereocenters. The number of benzene rings is 1. The molecule has 0 saturated heterocycles. The molecule has 1 aromatic carbocycles. The van der Waals surface area contributed by atoms with Gasteiger partial charge < -0.3 is 5.73 Å². The van der Waals surface area contributed by atoms with Crippen molar-refractivity contribution in [2.24, 2.45) is 11.7 Å². The average Bonchev–Trinajstić information content (AvgIpc) is 2.28. The largest absolute Gasteiger partial charge is 0.330 e. The lowest BCUT2D eigenvalue weighted by Crippen LogP contribution is -2.30. The van der Waals surface area contributed by atoms with Crippen LogP contribution in [0, 0.1) is 5.92 Å². The Bertz CT molecular complexity index is 417. The van der Waals surface area contributed by atoms with Crippen molar-refractivity contribution in [1.82, 2.24) is 4.72 Å². The van der Waals surface area contributed by atoms with Crippen LogP contribution in [-0.2, 0) is 15.8 Å². The van der Waals surface area contributed by atoms with Gasteiger partial charge in [0.2, 0.25) is 10.0 Å². The highest BCUT2D eigenvalue weighted by molar-refractivity contribution is 7.88. The second-order valence-corrected chi connectivity index (χ2v) is 6.08. The van der Waals surface area contributed by atoms with Gasteiger partial charge in [-0.05, 0) is 24.4 Å². The number of hydrogen-bond donors (Lipinski definition) is 2. The fourth-order valence-corrected chi connectivity index (χ4v) is 2.77. The monoisotopic (exact) mass is 256 g/mol. The predicted molar refractivity (Wildman–Crippen MR) is 69.9 cm³/mol. The van der Waals surface area contributed by atoms with Gasteiger partial charge in [-0.25, -0.2) is 13.1 Å². The van der Waals surface area contributed by atoms with E-state index in [1.165, 1.54) is 0 Å². The normalized spacial score (nSPS) is 13.5. The van der Waals surface area contributed by atoms with Gasteiger partial charge in [-0.3, -0.25) is 0 Å². The van der Waals surface area contributed by atoms with E-state index in [9.17, 15) is 8.42 Å².